The maximum atomic E-state index is 12.2. The summed E-state index contributed by atoms with van der Waals surface area (Å²) in [7, 11) is 1.57. The summed E-state index contributed by atoms with van der Waals surface area (Å²) >= 11 is 0. The van der Waals surface area contributed by atoms with Gasteiger partial charge in [-0.3, -0.25) is 4.79 Å². The Hall–Kier alpha value is -2.96. The molecule has 0 spiro atoms. The molecule has 0 aliphatic carbocycles. The predicted molar refractivity (Wildman–Crippen MR) is 76.5 cm³/mol. The van der Waals surface area contributed by atoms with Crippen LogP contribution in [0.15, 0.2) is 36.5 Å². The zero-order valence-electron chi connectivity index (χ0n) is 11.6. The van der Waals surface area contributed by atoms with E-state index in [1.807, 2.05) is 6.92 Å². The highest BCUT2D eigenvalue weighted by atomic mass is 16.5. The number of hydrogen-bond acceptors (Lipinski definition) is 5. The second-order valence-electron chi connectivity index (χ2n) is 4.42. The Balaban J connectivity index is 1.88. The first kappa shape index (κ1) is 13.0. The average Bonchev–Trinajstić information content (AvgIpc) is 2.93. The molecule has 7 nitrogen and oxygen atoms in total. The van der Waals surface area contributed by atoms with E-state index in [1.54, 1.807) is 43.6 Å². The van der Waals surface area contributed by atoms with Crippen molar-refractivity contribution in [1.29, 1.82) is 0 Å². The molecule has 106 valence electrons. The molecule has 2 heterocycles. The van der Waals surface area contributed by atoms with Gasteiger partial charge in [0.2, 0.25) is 5.82 Å². The third kappa shape index (κ3) is 2.53. The van der Waals surface area contributed by atoms with Crippen LogP contribution in [0, 0.1) is 6.92 Å². The molecule has 1 aromatic carbocycles. The van der Waals surface area contributed by atoms with Crippen molar-refractivity contribution in [3.63, 3.8) is 0 Å². The molecule has 21 heavy (non-hydrogen) atoms. The third-order valence-electron chi connectivity index (χ3n) is 2.96. The van der Waals surface area contributed by atoms with E-state index in [2.05, 4.69) is 20.4 Å². The van der Waals surface area contributed by atoms with Crippen molar-refractivity contribution < 1.29 is 9.53 Å². The van der Waals surface area contributed by atoms with Crippen LogP contribution >= 0.6 is 0 Å². The van der Waals surface area contributed by atoms with E-state index >= 15 is 0 Å². The van der Waals surface area contributed by atoms with Crippen molar-refractivity contribution in [2.24, 2.45) is 0 Å². The topological polar surface area (TPSA) is 81.4 Å². The van der Waals surface area contributed by atoms with Crippen molar-refractivity contribution in [2.75, 3.05) is 12.4 Å². The average molecular weight is 283 g/mol. The van der Waals surface area contributed by atoms with Crippen LogP contribution in [0.3, 0.4) is 0 Å². The summed E-state index contributed by atoms with van der Waals surface area (Å²) in [5.41, 5.74) is 1.47. The Bertz CT molecular complexity index is 812. The normalized spacial score (nSPS) is 10.6. The number of aromatic nitrogens is 4. The van der Waals surface area contributed by atoms with Crippen LogP contribution in [0.1, 0.15) is 16.3 Å². The fourth-order valence-electron chi connectivity index (χ4n) is 1.89. The van der Waals surface area contributed by atoms with Crippen molar-refractivity contribution in [3.8, 4) is 5.75 Å². The zero-order chi connectivity index (χ0) is 14.8. The summed E-state index contributed by atoms with van der Waals surface area (Å²) in [5.74, 6) is 0.729. The first-order chi connectivity index (χ1) is 10.2. The molecule has 3 rings (SSSR count). The molecule has 0 unspecified atom stereocenters. The number of methoxy groups -OCH3 is 1. The number of benzene rings is 1. The van der Waals surface area contributed by atoms with Gasteiger partial charge in [-0.25, -0.2) is 9.50 Å². The minimum Gasteiger partial charge on any atom is -0.497 e. The van der Waals surface area contributed by atoms with Crippen molar-refractivity contribution in [1.82, 2.24) is 19.6 Å². The second-order valence-corrected chi connectivity index (χ2v) is 4.42. The van der Waals surface area contributed by atoms with Gasteiger partial charge in [-0.2, -0.15) is 4.98 Å². The maximum absolute atomic E-state index is 12.2. The van der Waals surface area contributed by atoms with Crippen LogP contribution in [0.4, 0.5) is 5.69 Å². The van der Waals surface area contributed by atoms with Gasteiger partial charge in [0.25, 0.3) is 11.7 Å². The quantitative estimate of drug-likeness (QED) is 0.791. The molecule has 0 bridgehead atoms. The summed E-state index contributed by atoms with van der Waals surface area (Å²) in [4.78, 5) is 20.4. The van der Waals surface area contributed by atoms with Crippen LogP contribution in [-0.2, 0) is 0 Å². The highest BCUT2D eigenvalue weighted by molar-refractivity contribution is 6.01. The van der Waals surface area contributed by atoms with Crippen LogP contribution < -0.4 is 10.1 Å². The van der Waals surface area contributed by atoms with Crippen molar-refractivity contribution in [3.05, 3.63) is 48.0 Å². The minimum absolute atomic E-state index is 0.0691. The lowest BCUT2D eigenvalue weighted by molar-refractivity contribution is 0.101. The molecule has 3 aromatic rings. The molecule has 0 saturated heterocycles. The number of amides is 1. The number of aryl methyl sites for hydroxylation is 1. The van der Waals surface area contributed by atoms with E-state index in [1.165, 1.54) is 4.52 Å². The number of carbonyl (C=O) groups excluding carboxylic acids is 1. The number of carbonyl (C=O) groups is 1. The zero-order valence-corrected chi connectivity index (χ0v) is 11.6. The number of hydrogen-bond donors (Lipinski definition) is 1. The molecule has 0 fully saturated rings. The van der Waals surface area contributed by atoms with Gasteiger partial charge in [0.05, 0.1) is 7.11 Å². The van der Waals surface area contributed by atoms with Gasteiger partial charge in [-0.1, -0.05) is 6.07 Å². The van der Waals surface area contributed by atoms with Crippen LogP contribution in [0.2, 0.25) is 0 Å². The Morgan fingerprint density at radius 3 is 2.95 bits per heavy atom. The van der Waals surface area contributed by atoms with Crippen molar-refractivity contribution >= 4 is 17.4 Å². The summed E-state index contributed by atoms with van der Waals surface area (Å²) in [6.07, 6.45) is 1.63. The van der Waals surface area contributed by atoms with E-state index in [-0.39, 0.29) is 5.82 Å². The van der Waals surface area contributed by atoms with Crippen LogP contribution in [-0.4, -0.2) is 32.6 Å². The monoisotopic (exact) mass is 283 g/mol. The SMILES string of the molecule is COc1cccc(NC(=O)c2nc3nccc(C)n3n2)c1. The Kier molecular flexibility index (Phi) is 3.23. The summed E-state index contributed by atoms with van der Waals surface area (Å²) in [5, 5.41) is 6.88. The predicted octanol–water partition coefficient (Wildman–Crippen LogP) is 1.69. The van der Waals surface area contributed by atoms with Gasteiger partial charge >= 0.3 is 0 Å². The van der Waals surface area contributed by atoms with E-state index in [0.29, 0.717) is 17.2 Å². The number of anilines is 1. The van der Waals surface area contributed by atoms with Crippen molar-refractivity contribution in [2.45, 2.75) is 6.92 Å². The van der Waals surface area contributed by atoms with Gasteiger partial charge < -0.3 is 10.1 Å². The molecule has 0 aliphatic heterocycles. The molecule has 2 aromatic heterocycles. The second kappa shape index (κ2) is 5.20. The number of ether oxygens (including phenoxy) is 1. The number of rotatable bonds is 3. The van der Waals surface area contributed by atoms with E-state index in [0.717, 1.165) is 5.69 Å². The highest BCUT2D eigenvalue weighted by Gasteiger charge is 2.14. The molecular weight excluding hydrogens is 270 g/mol. The lowest BCUT2D eigenvalue weighted by Crippen LogP contribution is -2.14. The van der Waals surface area contributed by atoms with E-state index < -0.39 is 5.91 Å². The lowest BCUT2D eigenvalue weighted by Gasteiger charge is -2.04. The molecular formula is C14H13N5O2. The maximum Gasteiger partial charge on any atom is 0.295 e. The van der Waals surface area contributed by atoms with E-state index in [9.17, 15) is 4.79 Å². The van der Waals surface area contributed by atoms with E-state index in [4.69, 9.17) is 4.74 Å². The van der Waals surface area contributed by atoms with Gasteiger partial charge in [-0.05, 0) is 25.1 Å². The van der Waals surface area contributed by atoms with Gasteiger partial charge in [0.15, 0.2) is 0 Å². The first-order valence-electron chi connectivity index (χ1n) is 6.31. The fraction of sp³-hybridized carbons (Fsp3) is 0.143. The highest BCUT2D eigenvalue weighted by Crippen LogP contribution is 2.17. The third-order valence-corrected chi connectivity index (χ3v) is 2.96. The lowest BCUT2D eigenvalue weighted by atomic mass is 10.3. The molecule has 0 atom stereocenters. The molecule has 1 N–H and O–H groups in total. The Morgan fingerprint density at radius 2 is 2.19 bits per heavy atom. The standard InChI is InChI=1S/C14H13N5O2/c1-9-6-7-15-14-17-12(18-19(9)14)13(20)16-10-4-3-5-11(8-10)21-2/h3-8H,1-2H3,(H,16,20). The van der Waals surface area contributed by atoms with Gasteiger partial charge in [0.1, 0.15) is 5.75 Å². The van der Waals surface area contributed by atoms with Gasteiger partial charge in [0, 0.05) is 23.6 Å². The fourth-order valence-corrected chi connectivity index (χ4v) is 1.89. The molecule has 0 radical (unpaired) electrons. The molecule has 0 aliphatic rings. The summed E-state index contributed by atoms with van der Waals surface area (Å²) < 4.78 is 6.64. The largest absolute Gasteiger partial charge is 0.497 e. The van der Waals surface area contributed by atoms with Crippen LogP contribution in [0.5, 0.6) is 5.75 Å². The molecule has 7 heteroatoms. The summed E-state index contributed by atoms with van der Waals surface area (Å²) in [6.45, 7) is 1.87. The van der Waals surface area contributed by atoms with Gasteiger partial charge in [-0.15, -0.1) is 5.10 Å². The molecule has 0 saturated carbocycles. The first-order valence-corrected chi connectivity index (χ1v) is 6.31. The smallest absolute Gasteiger partial charge is 0.295 e. The number of fused-ring (bicyclic) bond motifs is 1. The summed E-state index contributed by atoms with van der Waals surface area (Å²) in [6, 6.07) is 8.87. The number of nitrogens with zero attached hydrogens (tertiary/aromatic N) is 4. The Morgan fingerprint density at radius 1 is 1.33 bits per heavy atom. The van der Waals surface area contributed by atoms with Crippen LogP contribution in [0.25, 0.3) is 5.78 Å². The number of nitrogens with one attached hydrogen (secondary N) is 1. The minimum atomic E-state index is -0.395. The Labute approximate surface area is 120 Å². The molecule has 1 amide bonds.